The summed E-state index contributed by atoms with van der Waals surface area (Å²) in [6.45, 7) is 1.79. The van der Waals surface area contributed by atoms with Crippen LogP contribution in [0.2, 0.25) is 0 Å². The predicted octanol–water partition coefficient (Wildman–Crippen LogP) is 4.24. The molecule has 6 nitrogen and oxygen atoms in total. The van der Waals surface area contributed by atoms with Crippen LogP contribution < -0.4 is 14.2 Å². The van der Waals surface area contributed by atoms with Gasteiger partial charge in [-0.25, -0.2) is 9.07 Å². The molecule has 0 saturated carbocycles. The Morgan fingerprint density at radius 2 is 1.62 bits per heavy atom. The molecule has 0 fully saturated rings. The average molecular weight is 396 g/mol. The van der Waals surface area contributed by atoms with Crippen molar-refractivity contribution in [3.63, 3.8) is 0 Å². The van der Waals surface area contributed by atoms with E-state index in [-0.39, 0.29) is 11.6 Å². The van der Waals surface area contributed by atoms with Crippen LogP contribution in [0.5, 0.6) is 17.2 Å². The van der Waals surface area contributed by atoms with Crippen LogP contribution in [0.25, 0.3) is 11.8 Å². The fourth-order valence-corrected chi connectivity index (χ4v) is 2.93. The highest BCUT2D eigenvalue weighted by Gasteiger charge is 2.14. The van der Waals surface area contributed by atoms with Crippen molar-refractivity contribution in [1.82, 2.24) is 9.78 Å². The Morgan fingerprint density at radius 3 is 2.24 bits per heavy atom. The highest BCUT2D eigenvalue weighted by molar-refractivity contribution is 6.07. The van der Waals surface area contributed by atoms with Gasteiger partial charge >= 0.3 is 0 Å². The second-order valence-corrected chi connectivity index (χ2v) is 6.18. The molecular formula is C22H21FN2O4. The van der Waals surface area contributed by atoms with Crippen molar-refractivity contribution in [2.75, 3.05) is 21.3 Å². The van der Waals surface area contributed by atoms with E-state index < -0.39 is 0 Å². The van der Waals surface area contributed by atoms with Gasteiger partial charge in [-0.15, -0.1) is 0 Å². The van der Waals surface area contributed by atoms with Gasteiger partial charge in [-0.1, -0.05) is 0 Å². The predicted molar refractivity (Wildman–Crippen MR) is 108 cm³/mol. The summed E-state index contributed by atoms with van der Waals surface area (Å²) in [5.41, 5.74) is 2.45. The molecule has 0 N–H and O–H groups in total. The molecule has 0 aliphatic rings. The van der Waals surface area contributed by atoms with Crippen molar-refractivity contribution in [3.05, 3.63) is 71.3 Å². The normalized spacial score (nSPS) is 10.9. The first-order valence-electron chi connectivity index (χ1n) is 8.81. The van der Waals surface area contributed by atoms with E-state index in [0.29, 0.717) is 39.8 Å². The number of halogens is 1. The fourth-order valence-electron chi connectivity index (χ4n) is 2.93. The summed E-state index contributed by atoms with van der Waals surface area (Å²) in [7, 11) is 4.62. The maximum Gasteiger partial charge on any atom is 0.189 e. The number of nitrogens with zero attached hydrogens (tertiary/aromatic N) is 2. The molecular weight excluding hydrogens is 375 g/mol. The highest BCUT2D eigenvalue weighted by Crippen LogP contribution is 2.35. The molecule has 0 atom stereocenters. The van der Waals surface area contributed by atoms with Crippen LogP contribution in [0.1, 0.15) is 21.6 Å². The molecule has 29 heavy (non-hydrogen) atoms. The van der Waals surface area contributed by atoms with Crippen molar-refractivity contribution in [2.45, 2.75) is 6.92 Å². The molecule has 0 bridgehead atoms. The van der Waals surface area contributed by atoms with Gasteiger partial charge in [-0.3, -0.25) is 4.79 Å². The van der Waals surface area contributed by atoms with E-state index >= 15 is 0 Å². The van der Waals surface area contributed by atoms with Crippen molar-refractivity contribution in [1.29, 1.82) is 0 Å². The molecule has 0 unspecified atom stereocenters. The molecule has 0 radical (unpaired) electrons. The number of aromatic nitrogens is 2. The molecule has 1 aromatic heterocycles. The Balaban J connectivity index is 1.89. The van der Waals surface area contributed by atoms with E-state index in [4.69, 9.17) is 14.2 Å². The Kier molecular flexibility index (Phi) is 5.97. The number of ether oxygens (including phenoxy) is 3. The minimum atomic E-state index is -0.332. The third-order valence-electron chi connectivity index (χ3n) is 4.50. The number of hydrogen-bond donors (Lipinski definition) is 0. The first-order chi connectivity index (χ1) is 14.0. The molecule has 0 aliphatic heterocycles. The number of carbonyl (C=O) groups is 1. The maximum absolute atomic E-state index is 13.1. The summed E-state index contributed by atoms with van der Waals surface area (Å²) < 4.78 is 30.7. The van der Waals surface area contributed by atoms with E-state index in [1.807, 2.05) is 0 Å². The van der Waals surface area contributed by atoms with Crippen LogP contribution in [0.4, 0.5) is 4.39 Å². The third kappa shape index (κ3) is 4.13. The number of hydrogen-bond acceptors (Lipinski definition) is 5. The fraction of sp³-hybridized carbons (Fsp3) is 0.182. The lowest BCUT2D eigenvalue weighted by molar-refractivity contribution is 0.104. The zero-order valence-corrected chi connectivity index (χ0v) is 16.6. The largest absolute Gasteiger partial charge is 0.496 e. The van der Waals surface area contributed by atoms with Crippen LogP contribution in [0.15, 0.2) is 48.7 Å². The van der Waals surface area contributed by atoms with E-state index in [2.05, 4.69) is 5.10 Å². The lowest BCUT2D eigenvalue weighted by Gasteiger charge is -2.12. The second kappa shape index (κ2) is 8.60. The summed E-state index contributed by atoms with van der Waals surface area (Å²) in [5, 5.41) is 4.25. The molecule has 3 aromatic rings. The van der Waals surface area contributed by atoms with Crippen LogP contribution in [-0.4, -0.2) is 36.9 Å². The van der Waals surface area contributed by atoms with Crippen LogP contribution in [0.3, 0.4) is 0 Å². The molecule has 0 spiro atoms. The summed E-state index contributed by atoms with van der Waals surface area (Å²) in [5.74, 6) is 1.06. The second-order valence-electron chi connectivity index (χ2n) is 6.18. The monoisotopic (exact) mass is 396 g/mol. The van der Waals surface area contributed by atoms with E-state index in [9.17, 15) is 9.18 Å². The van der Waals surface area contributed by atoms with Crippen molar-refractivity contribution in [3.8, 4) is 22.9 Å². The van der Waals surface area contributed by atoms with E-state index in [0.717, 1.165) is 0 Å². The molecule has 0 amide bonds. The zero-order chi connectivity index (χ0) is 21.0. The Hall–Kier alpha value is -3.61. The van der Waals surface area contributed by atoms with Gasteiger partial charge in [0.15, 0.2) is 17.3 Å². The summed E-state index contributed by atoms with van der Waals surface area (Å²) in [4.78, 5) is 12.7. The summed E-state index contributed by atoms with van der Waals surface area (Å²) in [6, 6.07) is 9.33. The van der Waals surface area contributed by atoms with E-state index in [1.54, 1.807) is 41.9 Å². The van der Waals surface area contributed by atoms with Gasteiger partial charge in [0.25, 0.3) is 0 Å². The topological polar surface area (TPSA) is 62.6 Å². The Morgan fingerprint density at radius 1 is 1.00 bits per heavy atom. The maximum atomic E-state index is 13.1. The molecule has 0 aliphatic carbocycles. The first kappa shape index (κ1) is 20.1. The number of carbonyl (C=O) groups excluding carboxylic acids is 1. The molecule has 2 aromatic carbocycles. The van der Waals surface area contributed by atoms with Crippen molar-refractivity contribution >= 4 is 11.9 Å². The molecule has 150 valence electrons. The minimum absolute atomic E-state index is 0.215. The minimum Gasteiger partial charge on any atom is -0.496 e. The number of methoxy groups -OCH3 is 3. The van der Waals surface area contributed by atoms with Crippen LogP contribution >= 0.6 is 0 Å². The Labute approximate surface area is 168 Å². The van der Waals surface area contributed by atoms with Gasteiger partial charge in [-0.05, 0) is 49.4 Å². The lowest BCUT2D eigenvalue weighted by Crippen LogP contribution is -2.02. The van der Waals surface area contributed by atoms with Crippen molar-refractivity contribution in [2.24, 2.45) is 0 Å². The number of ketones is 1. The van der Waals surface area contributed by atoms with Gasteiger partial charge < -0.3 is 14.2 Å². The average Bonchev–Trinajstić information content (AvgIpc) is 3.13. The van der Waals surface area contributed by atoms with Crippen molar-refractivity contribution < 1.29 is 23.4 Å². The number of benzene rings is 2. The molecule has 1 heterocycles. The lowest BCUT2D eigenvalue weighted by atomic mass is 10.1. The van der Waals surface area contributed by atoms with Crippen LogP contribution in [-0.2, 0) is 0 Å². The van der Waals surface area contributed by atoms with Gasteiger partial charge in [0, 0.05) is 11.6 Å². The highest BCUT2D eigenvalue weighted by atomic mass is 19.1. The third-order valence-corrected chi connectivity index (χ3v) is 4.50. The van der Waals surface area contributed by atoms with Gasteiger partial charge in [-0.2, -0.15) is 5.10 Å². The standard InChI is InChI=1S/C22H21FN2O4/c1-14-18(13-24-25(14)17-8-6-16(23)7-9-17)19(26)10-5-15-11-21(28-3)22(29-4)12-20(15)27-2/h5-13H,1-4H3/b10-5+. The zero-order valence-electron chi connectivity index (χ0n) is 16.6. The number of allylic oxidation sites excluding steroid dienone is 1. The molecule has 3 rings (SSSR count). The quantitative estimate of drug-likeness (QED) is 0.442. The smallest absolute Gasteiger partial charge is 0.189 e. The van der Waals surface area contributed by atoms with Gasteiger partial charge in [0.2, 0.25) is 0 Å². The van der Waals surface area contributed by atoms with Gasteiger partial charge in [0.1, 0.15) is 11.6 Å². The Bertz CT molecular complexity index is 1060. The summed E-state index contributed by atoms with van der Waals surface area (Å²) in [6.07, 6.45) is 4.60. The van der Waals surface area contributed by atoms with Crippen LogP contribution in [0, 0.1) is 12.7 Å². The van der Waals surface area contributed by atoms with Gasteiger partial charge in [0.05, 0.1) is 44.5 Å². The SMILES string of the molecule is COc1cc(OC)c(OC)cc1/C=C/C(=O)c1cnn(-c2ccc(F)cc2)c1C. The molecule has 0 saturated heterocycles. The summed E-state index contributed by atoms with van der Waals surface area (Å²) >= 11 is 0. The molecule has 7 heteroatoms. The van der Waals surface area contributed by atoms with E-state index in [1.165, 1.54) is 45.7 Å². The first-order valence-corrected chi connectivity index (χ1v) is 8.81. The number of rotatable bonds is 7.